The monoisotopic (exact) mass is 434 g/mol. The minimum Gasteiger partial charge on any atom is -0.378 e. The molecule has 3 aliphatic rings. The quantitative estimate of drug-likeness (QED) is 0.791. The third-order valence-electron chi connectivity index (χ3n) is 6.49. The number of anilines is 1. The van der Waals surface area contributed by atoms with Crippen LogP contribution in [0.2, 0.25) is 5.02 Å². The van der Waals surface area contributed by atoms with Crippen LogP contribution < -0.4 is 5.32 Å². The van der Waals surface area contributed by atoms with E-state index in [1.807, 2.05) is 21.9 Å². The Morgan fingerprint density at radius 1 is 1.00 bits per heavy atom. The summed E-state index contributed by atoms with van der Waals surface area (Å²) in [5, 5.41) is 3.52. The third kappa shape index (κ3) is 5.07. The highest BCUT2D eigenvalue weighted by molar-refractivity contribution is 6.30. The second kappa shape index (κ2) is 9.98. The predicted molar refractivity (Wildman–Crippen MR) is 117 cm³/mol. The summed E-state index contributed by atoms with van der Waals surface area (Å²) in [5.74, 6) is 0.675. The minimum absolute atomic E-state index is 0.0660. The van der Waals surface area contributed by atoms with Crippen molar-refractivity contribution in [1.82, 2.24) is 14.7 Å². The average molecular weight is 435 g/mol. The van der Waals surface area contributed by atoms with Crippen LogP contribution in [-0.2, 0) is 9.53 Å². The van der Waals surface area contributed by atoms with Gasteiger partial charge in [0.2, 0.25) is 5.91 Å². The van der Waals surface area contributed by atoms with E-state index in [-0.39, 0.29) is 18.0 Å². The largest absolute Gasteiger partial charge is 0.378 e. The lowest BCUT2D eigenvalue weighted by Crippen LogP contribution is -2.59. The number of carbonyl (C=O) groups is 2. The molecule has 30 heavy (non-hydrogen) atoms. The molecule has 2 saturated heterocycles. The number of hydrogen-bond acceptors (Lipinski definition) is 4. The van der Waals surface area contributed by atoms with E-state index >= 15 is 0 Å². The van der Waals surface area contributed by atoms with Crippen LogP contribution in [0.3, 0.4) is 0 Å². The lowest BCUT2D eigenvalue weighted by molar-refractivity contribution is -0.144. The van der Waals surface area contributed by atoms with Crippen molar-refractivity contribution in [3.8, 4) is 0 Å². The average Bonchev–Trinajstić information content (AvgIpc) is 3.29. The molecule has 0 bridgehead atoms. The van der Waals surface area contributed by atoms with Gasteiger partial charge in [-0.3, -0.25) is 9.69 Å². The number of nitrogens with zero attached hydrogens (tertiary/aromatic N) is 3. The molecule has 0 spiro atoms. The summed E-state index contributed by atoms with van der Waals surface area (Å²) >= 11 is 6.01. The smallest absolute Gasteiger partial charge is 0.321 e. The Bertz CT molecular complexity index is 742. The molecular formula is C22H31ClN4O3. The van der Waals surface area contributed by atoms with Crippen molar-refractivity contribution in [2.45, 2.75) is 31.7 Å². The molecule has 1 aromatic rings. The number of nitrogens with one attached hydrogen (secondary N) is 1. The molecule has 1 N–H and O–H groups in total. The molecule has 3 amide bonds. The molecule has 8 heteroatoms. The van der Waals surface area contributed by atoms with E-state index in [4.69, 9.17) is 16.3 Å². The van der Waals surface area contributed by atoms with Gasteiger partial charge in [-0.25, -0.2) is 4.79 Å². The molecule has 0 aromatic heterocycles. The zero-order valence-corrected chi connectivity index (χ0v) is 18.1. The minimum atomic E-state index is -0.117. The highest BCUT2D eigenvalue weighted by Gasteiger charge is 2.39. The lowest BCUT2D eigenvalue weighted by Gasteiger charge is -2.42. The Kier molecular flexibility index (Phi) is 7.12. The van der Waals surface area contributed by atoms with Crippen LogP contribution in [0.15, 0.2) is 24.3 Å². The van der Waals surface area contributed by atoms with Crippen molar-refractivity contribution in [3.05, 3.63) is 29.3 Å². The molecule has 1 atom stereocenters. The number of amides is 3. The summed E-state index contributed by atoms with van der Waals surface area (Å²) in [6, 6.07) is 6.99. The standard InChI is InChI=1S/C22H31ClN4O3/c23-18-6-3-7-19(16-18)24-22(29)27-10-8-25(9-11-27)20(17-4-1-2-5-17)21(28)26-12-14-30-15-13-26/h3,6-7,16-17,20H,1-2,4-5,8-15H2,(H,24,29)/t20-/m1/s1. The summed E-state index contributed by atoms with van der Waals surface area (Å²) < 4.78 is 5.43. The van der Waals surface area contributed by atoms with E-state index in [1.165, 1.54) is 12.8 Å². The first-order chi connectivity index (χ1) is 14.6. The maximum absolute atomic E-state index is 13.4. The van der Waals surface area contributed by atoms with Gasteiger partial charge in [0.25, 0.3) is 0 Å². The van der Waals surface area contributed by atoms with Crippen LogP contribution in [0.25, 0.3) is 0 Å². The number of rotatable bonds is 4. The van der Waals surface area contributed by atoms with Crippen molar-refractivity contribution in [1.29, 1.82) is 0 Å². The van der Waals surface area contributed by atoms with Gasteiger partial charge < -0.3 is 19.9 Å². The number of morpholine rings is 1. The van der Waals surface area contributed by atoms with E-state index < -0.39 is 0 Å². The van der Waals surface area contributed by atoms with Crippen molar-refractivity contribution >= 4 is 29.2 Å². The third-order valence-corrected chi connectivity index (χ3v) is 6.73. The van der Waals surface area contributed by atoms with Gasteiger partial charge in [-0.15, -0.1) is 0 Å². The fraction of sp³-hybridized carbons (Fsp3) is 0.636. The molecular weight excluding hydrogens is 404 g/mol. The Hall–Kier alpha value is -1.83. The maximum atomic E-state index is 13.4. The van der Waals surface area contributed by atoms with Gasteiger partial charge in [-0.05, 0) is 37.0 Å². The number of ether oxygens (including phenoxy) is 1. The summed E-state index contributed by atoms with van der Waals surface area (Å²) in [6.45, 7) is 5.30. The highest BCUT2D eigenvalue weighted by atomic mass is 35.5. The van der Waals surface area contributed by atoms with Gasteiger partial charge in [0.1, 0.15) is 0 Å². The molecule has 7 nitrogen and oxygen atoms in total. The summed E-state index contributed by atoms with van der Waals surface area (Å²) in [6.07, 6.45) is 4.66. The zero-order valence-electron chi connectivity index (χ0n) is 17.4. The van der Waals surface area contributed by atoms with Crippen LogP contribution in [0.4, 0.5) is 10.5 Å². The van der Waals surface area contributed by atoms with E-state index in [9.17, 15) is 9.59 Å². The van der Waals surface area contributed by atoms with E-state index in [0.29, 0.717) is 56.0 Å². The van der Waals surface area contributed by atoms with Gasteiger partial charge in [-0.1, -0.05) is 30.5 Å². The predicted octanol–water partition coefficient (Wildman–Crippen LogP) is 2.91. The van der Waals surface area contributed by atoms with Gasteiger partial charge in [0, 0.05) is 50.0 Å². The Labute approximate surface area is 183 Å². The molecule has 164 valence electrons. The number of piperazine rings is 1. The van der Waals surface area contributed by atoms with Crippen LogP contribution in [0.1, 0.15) is 25.7 Å². The van der Waals surface area contributed by atoms with Crippen molar-refractivity contribution < 1.29 is 14.3 Å². The summed E-state index contributed by atoms with van der Waals surface area (Å²) in [5.41, 5.74) is 0.696. The SMILES string of the molecule is O=C(Nc1cccc(Cl)c1)N1CCN([C@@H](C(=O)N2CCOCC2)C2CCCC2)CC1. The topological polar surface area (TPSA) is 65.1 Å². The van der Waals surface area contributed by atoms with E-state index in [0.717, 1.165) is 25.9 Å². The molecule has 1 aromatic carbocycles. The van der Waals surface area contributed by atoms with E-state index in [2.05, 4.69) is 10.2 Å². The van der Waals surface area contributed by atoms with E-state index in [1.54, 1.807) is 12.1 Å². The number of benzene rings is 1. The van der Waals surface area contributed by atoms with Crippen LogP contribution in [-0.4, -0.2) is 85.2 Å². The Morgan fingerprint density at radius 2 is 1.70 bits per heavy atom. The number of hydrogen-bond donors (Lipinski definition) is 1. The van der Waals surface area contributed by atoms with Crippen LogP contribution >= 0.6 is 11.6 Å². The summed E-state index contributed by atoms with van der Waals surface area (Å²) in [4.78, 5) is 32.2. The molecule has 0 unspecified atom stereocenters. The molecule has 4 rings (SSSR count). The first kappa shape index (κ1) is 21.4. The van der Waals surface area contributed by atoms with Crippen LogP contribution in [0, 0.1) is 5.92 Å². The fourth-order valence-corrected chi connectivity index (χ4v) is 5.06. The van der Waals surface area contributed by atoms with Gasteiger partial charge in [-0.2, -0.15) is 0 Å². The van der Waals surface area contributed by atoms with Crippen molar-refractivity contribution in [2.75, 3.05) is 57.8 Å². The highest BCUT2D eigenvalue weighted by Crippen LogP contribution is 2.32. The molecule has 2 aliphatic heterocycles. The molecule has 3 fully saturated rings. The van der Waals surface area contributed by atoms with Crippen molar-refractivity contribution in [2.24, 2.45) is 5.92 Å². The fourth-order valence-electron chi connectivity index (χ4n) is 4.87. The second-order valence-corrected chi connectivity index (χ2v) is 8.83. The summed E-state index contributed by atoms with van der Waals surface area (Å²) in [7, 11) is 0. The normalized spacial score (nSPS) is 22.2. The number of urea groups is 1. The molecule has 1 saturated carbocycles. The Morgan fingerprint density at radius 3 is 2.37 bits per heavy atom. The van der Waals surface area contributed by atoms with Crippen molar-refractivity contribution in [3.63, 3.8) is 0 Å². The maximum Gasteiger partial charge on any atom is 0.321 e. The number of carbonyl (C=O) groups excluding carboxylic acids is 2. The first-order valence-electron chi connectivity index (χ1n) is 11.0. The zero-order chi connectivity index (χ0) is 20.9. The van der Waals surface area contributed by atoms with Gasteiger partial charge in [0.05, 0.1) is 19.3 Å². The first-order valence-corrected chi connectivity index (χ1v) is 11.4. The van der Waals surface area contributed by atoms with Crippen LogP contribution in [0.5, 0.6) is 0 Å². The van der Waals surface area contributed by atoms with Gasteiger partial charge in [0.15, 0.2) is 0 Å². The number of halogens is 1. The molecule has 0 radical (unpaired) electrons. The lowest BCUT2D eigenvalue weighted by atomic mass is 9.94. The Balaban J connectivity index is 1.37. The molecule has 2 heterocycles. The molecule has 1 aliphatic carbocycles. The second-order valence-electron chi connectivity index (χ2n) is 8.39. The van der Waals surface area contributed by atoms with Gasteiger partial charge >= 0.3 is 6.03 Å².